The van der Waals surface area contributed by atoms with Gasteiger partial charge in [-0.05, 0) is 25.7 Å². The molecule has 1 rings (SSSR count). The lowest BCUT2D eigenvalue weighted by molar-refractivity contribution is -0.142. The molecule has 0 aromatic rings. The van der Waals surface area contributed by atoms with Crippen molar-refractivity contribution < 1.29 is 19.1 Å². The number of amides is 1. The van der Waals surface area contributed by atoms with Crippen LogP contribution in [0.15, 0.2) is 12.2 Å². The summed E-state index contributed by atoms with van der Waals surface area (Å²) in [7, 11) is 0. The van der Waals surface area contributed by atoms with Crippen LogP contribution < -0.4 is 5.32 Å². The number of unbranched alkanes of at least 4 members (excludes halogenated alkanes) is 5. The Morgan fingerprint density at radius 1 is 1.17 bits per heavy atom. The van der Waals surface area contributed by atoms with Crippen LogP contribution in [0.1, 0.15) is 71.1 Å². The third-order valence-corrected chi connectivity index (χ3v) is 3.85. The van der Waals surface area contributed by atoms with Gasteiger partial charge < -0.3 is 10.1 Å². The Morgan fingerprint density at radius 2 is 1.91 bits per heavy atom. The second-order valence-electron chi connectivity index (χ2n) is 6.00. The van der Waals surface area contributed by atoms with E-state index < -0.39 is 12.0 Å². The molecule has 1 aliphatic heterocycles. The Bertz CT molecular complexity index is 417. The summed E-state index contributed by atoms with van der Waals surface area (Å²) < 4.78 is 4.76. The Labute approximate surface area is 138 Å². The van der Waals surface area contributed by atoms with Gasteiger partial charge in [-0.2, -0.15) is 0 Å². The zero-order chi connectivity index (χ0) is 16.9. The monoisotopic (exact) mass is 323 g/mol. The third kappa shape index (κ3) is 9.16. The van der Waals surface area contributed by atoms with Crippen LogP contribution in [0.3, 0.4) is 0 Å². The molecule has 0 spiro atoms. The van der Waals surface area contributed by atoms with Gasteiger partial charge in [0.05, 0.1) is 13.0 Å². The summed E-state index contributed by atoms with van der Waals surface area (Å²) in [5, 5.41) is 2.55. The van der Waals surface area contributed by atoms with Crippen LogP contribution in [0.5, 0.6) is 0 Å². The lowest BCUT2D eigenvalue weighted by Gasteiger charge is -2.07. The first kappa shape index (κ1) is 19.4. The number of hydrogen-bond donors (Lipinski definition) is 1. The van der Waals surface area contributed by atoms with Crippen molar-refractivity contribution in [1.82, 2.24) is 5.32 Å². The molecule has 0 radical (unpaired) electrons. The number of allylic oxidation sites excluding steroid dienone is 2. The fourth-order valence-corrected chi connectivity index (χ4v) is 2.48. The molecule has 0 aromatic carbocycles. The zero-order valence-electron chi connectivity index (χ0n) is 14.1. The molecule has 0 saturated carbocycles. The first-order valence-corrected chi connectivity index (χ1v) is 8.76. The number of rotatable bonds is 12. The maximum absolute atomic E-state index is 11.7. The maximum Gasteiger partial charge on any atom is 0.328 e. The molecule has 0 unspecified atom stereocenters. The van der Waals surface area contributed by atoms with Crippen LogP contribution in [0.25, 0.3) is 0 Å². The maximum atomic E-state index is 11.7. The Balaban J connectivity index is 2.02. The molecule has 0 aromatic heterocycles. The molecule has 1 saturated heterocycles. The van der Waals surface area contributed by atoms with Gasteiger partial charge in [-0.25, -0.2) is 4.79 Å². The number of hydrogen-bond acceptors (Lipinski definition) is 4. The molecular formula is C18H29NO4. The number of nitrogens with one attached hydrogen (secondary N) is 1. The van der Waals surface area contributed by atoms with E-state index in [0.29, 0.717) is 19.4 Å². The average molecular weight is 323 g/mol. The number of esters is 1. The highest BCUT2D eigenvalue weighted by Crippen LogP contribution is 2.07. The van der Waals surface area contributed by atoms with Gasteiger partial charge in [-0.3, -0.25) is 9.59 Å². The second kappa shape index (κ2) is 11.9. The van der Waals surface area contributed by atoms with Crippen LogP contribution in [-0.4, -0.2) is 30.3 Å². The van der Waals surface area contributed by atoms with E-state index in [2.05, 4.69) is 24.4 Å². The summed E-state index contributed by atoms with van der Waals surface area (Å²) in [6, 6.07) is -0.578. The Hall–Kier alpha value is -1.65. The molecule has 5 heteroatoms. The van der Waals surface area contributed by atoms with E-state index in [9.17, 15) is 14.4 Å². The van der Waals surface area contributed by atoms with E-state index in [4.69, 9.17) is 4.74 Å². The molecule has 1 N–H and O–H groups in total. The number of ether oxygens (including phenoxy) is 1. The summed E-state index contributed by atoms with van der Waals surface area (Å²) in [6.45, 7) is 2.54. The first-order valence-electron chi connectivity index (χ1n) is 8.76. The number of carbonyl (C=O) groups excluding carboxylic acids is 3. The molecule has 1 aliphatic rings. The quantitative estimate of drug-likeness (QED) is 0.259. The number of carbonyl (C=O) groups is 3. The van der Waals surface area contributed by atoms with Gasteiger partial charge in [0.1, 0.15) is 11.8 Å². The normalized spacial score (nSPS) is 17.4. The summed E-state index contributed by atoms with van der Waals surface area (Å²) in [5.41, 5.74) is 0. The predicted molar refractivity (Wildman–Crippen MR) is 88.9 cm³/mol. The van der Waals surface area contributed by atoms with Crippen LogP contribution >= 0.6 is 0 Å². The zero-order valence-corrected chi connectivity index (χ0v) is 14.1. The molecule has 0 aliphatic carbocycles. The summed E-state index contributed by atoms with van der Waals surface area (Å²) >= 11 is 0. The van der Waals surface area contributed by atoms with Gasteiger partial charge in [0.25, 0.3) is 0 Å². The number of Topliss-reactive ketones (excluding diaryl/α,β-unsaturated/α-hetero) is 1. The fourth-order valence-electron chi connectivity index (χ4n) is 2.48. The van der Waals surface area contributed by atoms with E-state index in [-0.39, 0.29) is 18.1 Å². The second-order valence-corrected chi connectivity index (χ2v) is 6.00. The SMILES string of the molecule is CCCCCC/C=C/CCCC(=O)CC(=O)N[C@H]1CCOC1=O. The molecule has 5 nitrogen and oxygen atoms in total. The van der Waals surface area contributed by atoms with Gasteiger partial charge in [0.2, 0.25) is 5.91 Å². The van der Waals surface area contributed by atoms with Crippen molar-refractivity contribution in [2.24, 2.45) is 0 Å². The average Bonchev–Trinajstić information content (AvgIpc) is 2.90. The molecular weight excluding hydrogens is 294 g/mol. The lowest BCUT2D eigenvalue weighted by atomic mass is 10.1. The number of ketones is 1. The molecule has 130 valence electrons. The fraction of sp³-hybridized carbons (Fsp3) is 0.722. The van der Waals surface area contributed by atoms with Gasteiger partial charge >= 0.3 is 5.97 Å². The smallest absolute Gasteiger partial charge is 0.328 e. The third-order valence-electron chi connectivity index (χ3n) is 3.85. The van der Waals surface area contributed by atoms with E-state index >= 15 is 0 Å². The van der Waals surface area contributed by atoms with Crippen molar-refractivity contribution in [3.05, 3.63) is 12.2 Å². The van der Waals surface area contributed by atoms with Crippen molar-refractivity contribution in [3.8, 4) is 0 Å². The first-order chi connectivity index (χ1) is 11.1. The standard InChI is InChI=1S/C18H29NO4/c1-2-3-4-5-6-7-8-9-10-11-15(20)14-17(21)19-16-12-13-23-18(16)22/h7-8,16H,2-6,9-14H2,1H3,(H,19,21)/b8-7+/t16-/m0/s1. The minimum Gasteiger partial charge on any atom is -0.464 e. The summed E-state index contributed by atoms with van der Waals surface area (Å²) in [5.74, 6) is -0.870. The molecule has 0 bridgehead atoms. The summed E-state index contributed by atoms with van der Waals surface area (Å²) in [6.07, 6.45) is 12.8. The van der Waals surface area contributed by atoms with Crippen LogP contribution in [-0.2, 0) is 19.1 Å². The lowest BCUT2D eigenvalue weighted by Crippen LogP contribution is -2.38. The van der Waals surface area contributed by atoms with Gasteiger partial charge in [-0.15, -0.1) is 0 Å². The Kier molecular flexibility index (Phi) is 10.00. The minimum absolute atomic E-state index is 0.0785. The molecule has 1 atom stereocenters. The van der Waals surface area contributed by atoms with Crippen molar-refractivity contribution in [3.63, 3.8) is 0 Å². The van der Waals surface area contributed by atoms with Gasteiger partial charge in [-0.1, -0.05) is 38.3 Å². The largest absolute Gasteiger partial charge is 0.464 e. The highest BCUT2D eigenvalue weighted by atomic mass is 16.5. The van der Waals surface area contributed by atoms with Crippen molar-refractivity contribution >= 4 is 17.7 Å². The van der Waals surface area contributed by atoms with Crippen LogP contribution in [0, 0.1) is 0 Å². The van der Waals surface area contributed by atoms with Crippen molar-refractivity contribution in [1.29, 1.82) is 0 Å². The Morgan fingerprint density at radius 3 is 2.57 bits per heavy atom. The van der Waals surface area contributed by atoms with Crippen LogP contribution in [0.4, 0.5) is 0 Å². The topological polar surface area (TPSA) is 72.5 Å². The van der Waals surface area contributed by atoms with Crippen LogP contribution in [0.2, 0.25) is 0 Å². The van der Waals surface area contributed by atoms with E-state index in [1.54, 1.807) is 0 Å². The summed E-state index contributed by atoms with van der Waals surface area (Å²) in [4.78, 5) is 34.6. The van der Waals surface area contributed by atoms with Gasteiger partial charge in [0, 0.05) is 12.8 Å². The highest BCUT2D eigenvalue weighted by Gasteiger charge is 2.28. The van der Waals surface area contributed by atoms with Crippen molar-refractivity contribution in [2.45, 2.75) is 77.2 Å². The van der Waals surface area contributed by atoms with E-state index in [0.717, 1.165) is 19.3 Å². The minimum atomic E-state index is -0.578. The molecule has 1 fully saturated rings. The van der Waals surface area contributed by atoms with E-state index in [1.807, 2.05) is 0 Å². The molecule has 23 heavy (non-hydrogen) atoms. The highest BCUT2D eigenvalue weighted by molar-refractivity contribution is 5.99. The predicted octanol–water partition coefficient (Wildman–Crippen LogP) is 3.07. The molecule has 1 heterocycles. The van der Waals surface area contributed by atoms with Crippen molar-refractivity contribution in [2.75, 3.05) is 6.61 Å². The van der Waals surface area contributed by atoms with Gasteiger partial charge in [0.15, 0.2) is 0 Å². The molecule has 1 amide bonds. The number of cyclic esters (lactones) is 1. The van der Waals surface area contributed by atoms with E-state index in [1.165, 1.54) is 25.7 Å².